The van der Waals surface area contributed by atoms with Crippen molar-refractivity contribution in [2.75, 3.05) is 29.5 Å². The molecular weight excluding hydrogens is 654 g/mol. The van der Waals surface area contributed by atoms with Gasteiger partial charge in [-0.05, 0) is 40.5 Å². The highest BCUT2D eigenvalue weighted by atomic mass is 79.9. The van der Waals surface area contributed by atoms with Crippen molar-refractivity contribution in [3.63, 3.8) is 0 Å². The van der Waals surface area contributed by atoms with Crippen molar-refractivity contribution in [3.05, 3.63) is 72.4 Å². The number of halogens is 1. The maximum atomic E-state index is 13.0. The molecule has 5 rings (SSSR count). The number of imidazole rings is 1. The third-order valence-corrected chi connectivity index (χ3v) is 8.16. The van der Waals surface area contributed by atoms with E-state index in [-0.39, 0.29) is 27.7 Å². The standard InChI is InChI=1S/C24H24BrN9O6S2/c25-14-8-28-21(32-18(14)26-5-2-6-27-19(36)15-10-41-22(38)30-15)29-12-3-1-4-13(7-12)34-17(35)9-33(24(34)40)20(37)16-11-42-23(39)31-16/h1,3-4,7-9,11,15,20,35,37H,2,5-6,10H2,(H,27,36)(H,30,38)(H,31,39)(H2,26,28,29,32)/t15-,20?/m0/s1. The van der Waals surface area contributed by atoms with E-state index >= 15 is 0 Å². The maximum absolute atomic E-state index is 13.0. The fourth-order valence-electron chi connectivity index (χ4n) is 4.00. The minimum absolute atomic E-state index is 0.125. The molecule has 7 N–H and O–H groups in total. The molecule has 42 heavy (non-hydrogen) atoms. The third kappa shape index (κ3) is 6.67. The lowest BCUT2D eigenvalue weighted by atomic mass is 10.2. The third-order valence-electron chi connectivity index (χ3n) is 6.02. The number of aromatic amines is 1. The highest BCUT2D eigenvalue weighted by Gasteiger charge is 2.27. The van der Waals surface area contributed by atoms with Crippen LogP contribution in [0.3, 0.4) is 0 Å². The molecule has 4 aromatic rings. The van der Waals surface area contributed by atoms with Crippen LogP contribution in [0.1, 0.15) is 18.3 Å². The average Bonchev–Trinajstić information content (AvgIpc) is 3.68. The summed E-state index contributed by atoms with van der Waals surface area (Å²) in [6, 6.07) is 6.07. The first kappa shape index (κ1) is 29.4. The van der Waals surface area contributed by atoms with Crippen molar-refractivity contribution in [1.29, 1.82) is 0 Å². The Labute approximate surface area is 253 Å². The molecular formula is C24H24BrN9O6S2. The molecule has 0 bridgehead atoms. The van der Waals surface area contributed by atoms with Gasteiger partial charge in [0.2, 0.25) is 17.7 Å². The fraction of sp³-hybridized carbons (Fsp3) is 0.250. The number of rotatable bonds is 11. The number of aliphatic hydroxyl groups excluding tert-OH is 1. The minimum atomic E-state index is -1.49. The number of anilines is 3. The predicted molar refractivity (Wildman–Crippen MR) is 161 cm³/mol. The van der Waals surface area contributed by atoms with Gasteiger partial charge in [-0.2, -0.15) is 4.98 Å². The van der Waals surface area contributed by atoms with Crippen LogP contribution in [0.15, 0.2) is 56.1 Å². The second-order valence-corrected chi connectivity index (χ2v) is 11.6. The van der Waals surface area contributed by atoms with E-state index in [1.807, 2.05) is 0 Å². The summed E-state index contributed by atoms with van der Waals surface area (Å²) in [7, 11) is 0. The number of nitrogens with one attached hydrogen (secondary N) is 5. The molecule has 0 aliphatic carbocycles. The zero-order valence-corrected chi connectivity index (χ0v) is 24.8. The van der Waals surface area contributed by atoms with Crippen molar-refractivity contribution in [2.24, 2.45) is 0 Å². The second kappa shape index (κ2) is 12.8. The summed E-state index contributed by atoms with van der Waals surface area (Å²) in [6.45, 7) is 0.917. The summed E-state index contributed by atoms with van der Waals surface area (Å²) in [6.07, 6.45) is 1.76. The molecule has 220 valence electrons. The van der Waals surface area contributed by atoms with Crippen LogP contribution in [0.5, 0.6) is 5.88 Å². The number of carbonyl (C=O) groups excluding carboxylic acids is 2. The van der Waals surface area contributed by atoms with E-state index in [4.69, 9.17) is 0 Å². The SMILES string of the molecule is O=C1N[C@H](C(=O)NCCCNc2nc(Nc3cccc(-n4c(O)cn(C(O)c5csc(=O)[nH]5)c4=O)c3)ncc2Br)CS1. The Bertz CT molecular complexity index is 1740. The molecule has 15 nitrogen and oxygen atoms in total. The second-order valence-electron chi connectivity index (χ2n) is 8.92. The van der Waals surface area contributed by atoms with Gasteiger partial charge in [0, 0.05) is 36.1 Å². The highest BCUT2D eigenvalue weighted by molar-refractivity contribution is 9.10. The van der Waals surface area contributed by atoms with Gasteiger partial charge in [0.25, 0.3) is 5.24 Å². The first-order valence-electron chi connectivity index (χ1n) is 12.4. The molecule has 3 aromatic heterocycles. The number of aliphatic hydroxyl groups is 1. The van der Waals surface area contributed by atoms with E-state index in [0.29, 0.717) is 46.9 Å². The Morgan fingerprint density at radius 2 is 2.10 bits per heavy atom. The molecule has 1 aliphatic heterocycles. The molecule has 4 heterocycles. The summed E-state index contributed by atoms with van der Waals surface area (Å²) in [5.41, 5.74) is 0.223. The number of amides is 2. The van der Waals surface area contributed by atoms with Gasteiger partial charge in [0.05, 0.1) is 22.1 Å². The lowest BCUT2D eigenvalue weighted by Gasteiger charge is -2.12. The smallest absolute Gasteiger partial charge is 0.338 e. The Morgan fingerprint density at radius 3 is 2.83 bits per heavy atom. The first-order valence-corrected chi connectivity index (χ1v) is 15.1. The largest absolute Gasteiger partial charge is 0.493 e. The molecule has 18 heteroatoms. The van der Waals surface area contributed by atoms with Gasteiger partial charge in [-0.3, -0.25) is 19.0 Å². The van der Waals surface area contributed by atoms with Gasteiger partial charge in [0.15, 0.2) is 6.23 Å². The van der Waals surface area contributed by atoms with E-state index < -0.39 is 23.8 Å². The zero-order chi connectivity index (χ0) is 29.8. The van der Waals surface area contributed by atoms with Gasteiger partial charge in [-0.25, -0.2) is 14.3 Å². The molecule has 1 aliphatic rings. The number of aromatic nitrogens is 5. The van der Waals surface area contributed by atoms with Gasteiger partial charge in [0.1, 0.15) is 11.9 Å². The molecule has 2 amide bonds. The van der Waals surface area contributed by atoms with Crippen LogP contribution < -0.4 is 31.8 Å². The van der Waals surface area contributed by atoms with Crippen LogP contribution in [-0.4, -0.2) is 70.3 Å². The Hall–Kier alpha value is -4.13. The normalized spacial score (nSPS) is 15.3. The van der Waals surface area contributed by atoms with Crippen LogP contribution in [0, 0.1) is 0 Å². The predicted octanol–water partition coefficient (Wildman–Crippen LogP) is 1.67. The van der Waals surface area contributed by atoms with Crippen LogP contribution in [0.4, 0.5) is 22.2 Å². The minimum Gasteiger partial charge on any atom is -0.493 e. The number of thiazole rings is 1. The lowest BCUT2D eigenvalue weighted by Crippen LogP contribution is -2.43. The van der Waals surface area contributed by atoms with E-state index in [1.54, 1.807) is 30.5 Å². The van der Waals surface area contributed by atoms with Crippen LogP contribution in [0.25, 0.3) is 5.69 Å². The van der Waals surface area contributed by atoms with E-state index in [1.165, 1.54) is 5.38 Å². The summed E-state index contributed by atoms with van der Waals surface area (Å²) < 4.78 is 2.53. The zero-order valence-electron chi connectivity index (χ0n) is 21.5. The number of nitrogens with zero attached hydrogens (tertiary/aromatic N) is 4. The Kier molecular flexibility index (Phi) is 8.95. The van der Waals surface area contributed by atoms with Crippen LogP contribution in [-0.2, 0) is 4.79 Å². The number of carbonyl (C=O) groups is 2. The van der Waals surface area contributed by atoms with Crippen molar-refractivity contribution < 1.29 is 19.8 Å². The number of H-pyrrole nitrogens is 1. The molecule has 1 unspecified atom stereocenters. The number of hydrogen-bond donors (Lipinski definition) is 7. The van der Waals surface area contributed by atoms with Gasteiger partial charge >= 0.3 is 10.6 Å². The van der Waals surface area contributed by atoms with E-state index in [0.717, 1.165) is 38.4 Å². The summed E-state index contributed by atoms with van der Waals surface area (Å²) in [4.78, 5) is 58.6. The number of thioether (sulfide) groups is 1. The number of hydrogen-bond acceptors (Lipinski definition) is 12. The van der Waals surface area contributed by atoms with E-state index in [9.17, 15) is 29.4 Å². The maximum Gasteiger partial charge on any atom is 0.338 e. The van der Waals surface area contributed by atoms with Crippen LogP contribution >= 0.6 is 39.0 Å². The number of benzene rings is 1. The van der Waals surface area contributed by atoms with E-state index in [2.05, 4.69) is 52.1 Å². The molecule has 0 radical (unpaired) electrons. The first-order chi connectivity index (χ1) is 20.2. The van der Waals surface area contributed by atoms with Gasteiger partial charge < -0.3 is 36.5 Å². The Morgan fingerprint density at radius 1 is 1.26 bits per heavy atom. The molecule has 0 spiro atoms. The molecule has 0 saturated carbocycles. The van der Waals surface area contributed by atoms with Crippen molar-refractivity contribution in [3.8, 4) is 11.6 Å². The lowest BCUT2D eigenvalue weighted by molar-refractivity contribution is -0.122. The molecule has 1 fully saturated rings. The van der Waals surface area contributed by atoms with Crippen molar-refractivity contribution in [2.45, 2.75) is 18.7 Å². The average molecular weight is 679 g/mol. The van der Waals surface area contributed by atoms with Crippen LogP contribution in [0.2, 0.25) is 0 Å². The fourth-order valence-corrected chi connectivity index (χ4v) is 5.70. The Balaban J connectivity index is 1.22. The quantitative estimate of drug-likeness (QED) is 0.114. The topological polar surface area (TPSA) is 208 Å². The molecule has 1 saturated heterocycles. The number of aromatic hydroxyl groups is 1. The molecule has 2 atom stereocenters. The summed E-state index contributed by atoms with van der Waals surface area (Å²) in [5, 5.41) is 33.9. The molecule has 1 aromatic carbocycles. The summed E-state index contributed by atoms with van der Waals surface area (Å²) in [5.74, 6) is 0.560. The van der Waals surface area contributed by atoms with Gasteiger partial charge in [-0.1, -0.05) is 29.2 Å². The monoisotopic (exact) mass is 677 g/mol. The highest BCUT2D eigenvalue weighted by Crippen LogP contribution is 2.25. The summed E-state index contributed by atoms with van der Waals surface area (Å²) >= 11 is 5.35. The van der Waals surface area contributed by atoms with Crippen molar-refractivity contribution in [1.82, 2.24) is 34.7 Å². The van der Waals surface area contributed by atoms with Crippen molar-refractivity contribution >= 4 is 67.6 Å². The van der Waals surface area contributed by atoms with Gasteiger partial charge in [-0.15, -0.1) is 0 Å².